The standard InChI is InChI=1S/C27H39N7O2/c1-4-28-27(35)29-21-7-5-20(6-8-21)25-30-24-17-33(22-9-12-32(3)13-10-22)14-11-23(24)26(31-25)34-15-16-36-18-19(34)2/h5-8,19,22H,4,9-18H2,1-3H3,(H2,28,29,35)/t19-/m0/s1. The molecule has 9 heteroatoms. The summed E-state index contributed by atoms with van der Waals surface area (Å²) in [6, 6.07) is 8.51. The Morgan fingerprint density at radius 3 is 2.61 bits per heavy atom. The van der Waals surface area contributed by atoms with Gasteiger partial charge in [-0.05, 0) is 77.5 Å². The highest BCUT2D eigenvalue weighted by molar-refractivity contribution is 5.89. The summed E-state index contributed by atoms with van der Waals surface area (Å²) in [5.74, 6) is 1.82. The Balaban J connectivity index is 1.44. The fraction of sp³-hybridized carbons (Fsp3) is 0.593. The second-order valence-electron chi connectivity index (χ2n) is 10.2. The Hall–Kier alpha value is -2.75. The molecule has 0 unspecified atom stereocenters. The van der Waals surface area contributed by atoms with Crippen LogP contribution in [0.3, 0.4) is 0 Å². The van der Waals surface area contributed by atoms with Crippen LogP contribution in [0.5, 0.6) is 0 Å². The van der Waals surface area contributed by atoms with Crippen LogP contribution in [0.2, 0.25) is 0 Å². The van der Waals surface area contributed by atoms with Crippen LogP contribution in [-0.2, 0) is 17.7 Å². The van der Waals surface area contributed by atoms with Crippen LogP contribution in [0.4, 0.5) is 16.3 Å². The number of aromatic nitrogens is 2. The molecule has 3 aliphatic heterocycles. The topological polar surface area (TPSA) is 85.9 Å². The highest BCUT2D eigenvalue weighted by atomic mass is 16.5. The van der Waals surface area contributed by atoms with Crippen molar-refractivity contribution in [2.24, 2.45) is 0 Å². The Morgan fingerprint density at radius 1 is 1.11 bits per heavy atom. The lowest BCUT2D eigenvalue weighted by Gasteiger charge is -2.41. The van der Waals surface area contributed by atoms with Gasteiger partial charge in [-0.3, -0.25) is 4.90 Å². The van der Waals surface area contributed by atoms with E-state index in [4.69, 9.17) is 14.7 Å². The van der Waals surface area contributed by atoms with E-state index >= 15 is 0 Å². The van der Waals surface area contributed by atoms with Crippen molar-refractivity contribution in [1.82, 2.24) is 25.1 Å². The van der Waals surface area contributed by atoms with Crippen molar-refractivity contribution in [3.63, 3.8) is 0 Å². The predicted octanol–water partition coefficient (Wildman–Crippen LogP) is 2.96. The van der Waals surface area contributed by atoms with Gasteiger partial charge in [0.1, 0.15) is 5.82 Å². The van der Waals surface area contributed by atoms with Gasteiger partial charge < -0.3 is 25.2 Å². The molecule has 194 valence electrons. The minimum atomic E-state index is -0.201. The molecule has 3 aliphatic rings. The molecular formula is C27H39N7O2. The summed E-state index contributed by atoms with van der Waals surface area (Å²) in [5.41, 5.74) is 4.16. The molecule has 2 N–H and O–H groups in total. The number of hydrogen-bond acceptors (Lipinski definition) is 7. The Labute approximate surface area is 214 Å². The van der Waals surface area contributed by atoms with Gasteiger partial charge in [-0.2, -0.15) is 0 Å². The molecule has 1 atom stereocenters. The van der Waals surface area contributed by atoms with Crippen molar-refractivity contribution in [1.29, 1.82) is 0 Å². The maximum absolute atomic E-state index is 11.9. The number of carbonyl (C=O) groups is 1. The van der Waals surface area contributed by atoms with Gasteiger partial charge in [0.05, 0.1) is 24.9 Å². The Bertz CT molecular complexity index is 1050. The molecule has 2 amide bonds. The minimum Gasteiger partial charge on any atom is -0.377 e. The quantitative estimate of drug-likeness (QED) is 0.662. The van der Waals surface area contributed by atoms with Crippen LogP contribution in [0.1, 0.15) is 37.9 Å². The molecule has 0 spiro atoms. The molecular weight excluding hydrogens is 454 g/mol. The van der Waals surface area contributed by atoms with Crippen LogP contribution in [0, 0.1) is 0 Å². The maximum atomic E-state index is 11.9. The van der Waals surface area contributed by atoms with Gasteiger partial charge >= 0.3 is 6.03 Å². The number of hydrogen-bond donors (Lipinski definition) is 2. The number of fused-ring (bicyclic) bond motifs is 1. The molecule has 0 saturated carbocycles. The van der Waals surface area contributed by atoms with E-state index in [0.717, 1.165) is 80.9 Å². The van der Waals surface area contributed by atoms with E-state index in [2.05, 4.69) is 39.3 Å². The van der Waals surface area contributed by atoms with Gasteiger partial charge in [0, 0.05) is 49.0 Å². The number of benzene rings is 1. The number of amides is 2. The van der Waals surface area contributed by atoms with E-state index in [9.17, 15) is 4.79 Å². The first-order valence-corrected chi connectivity index (χ1v) is 13.3. The second kappa shape index (κ2) is 11.1. The predicted molar refractivity (Wildman–Crippen MR) is 142 cm³/mol. The lowest BCUT2D eigenvalue weighted by atomic mass is 9.97. The molecule has 0 bridgehead atoms. The summed E-state index contributed by atoms with van der Waals surface area (Å²) in [5, 5.41) is 5.62. The summed E-state index contributed by atoms with van der Waals surface area (Å²) in [6.45, 7) is 11.3. The summed E-state index contributed by atoms with van der Waals surface area (Å²) in [6.07, 6.45) is 3.42. The average Bonchev–Trinajstić information content (AvgIpc) is 2.89. The fourth-order valence-electron chi connectivity index (χ4n) is 5.55. The van der Waals surface area contributed by atoms with Gasteiger partial charge in [0.2, 0.25) is 0 Å². The van der Waals surface area contributed by atoms with Crippen molar-refractivity contribution < 1.29 is 9.53 Å². The number of rotatable bonds is 5. The summed E-state index contributed by atoms with van der Waals surface area (Å²) in [4.78, 5) is 29.6. The Morgan fingerprint density at radius 2 is 1.89 bits per heavy atom. The van der Waals surface area contributed by atoms with Crippen molar-refractivity contribution in [3.8, 4) is 11.4 Å². The number of likely N-dealkylation sites (tertiary alicyclic amines) is 1. The van der Waals surface area contributed by atoms with E-state index in [1.165, 1.54) is 18.4 Å². The lowest BCUT2D eigenvalue weighted by molar-refractivity contribution is 0.0974. The highest BCUT2D eigenvalue weighted by Crippen LogP contribution is 2.33. The van der Waals surface area contributed by atoms with Crippen molar-refractivity contribution in [3.05, 3.63) is 35.5 Å². The zero-order valence-corrected chi connectivity index (χ0v) is 21.8. The molecule has 2 fully saturated rings. The van der Waals surface area contributed by atoms with Crippen molar-refractivity contribution >= 4 is 17.5 Å². The van der Waals surface area contributed by atoms with E-state index in [-0.39, 0.29) is 12.1 Å². The molecule has 9 nitrogen and oxygen atoms in total. The maximum Gasteiger partial charge on any atom is 0.319 e. The molecule has 4 heterocycles. The Kier molecular flexibility index (Phi) is 7.69. The second-order valence-corrected chi connectivity index (χ2v) is 10.2. The zero-order valence-electron chi connectivity index (χ0n) is 21.8. The first kappa shape index (κ1) is 24.9. The molecule has 1 aromatic carbocycles. The third-order valence-corrected chi connectivity index (χ3v) is 7.66. The van der Waals surface area contributed by atoms with Gasteiger partial charge in [-0.25, -0.2) is 14.8 Å². The third-order valence-electron chi connectivity index (χ3n) is 7.66. The van der Waals surface area contributed by atoms with Gasteiger partial charge in [-0.1, -0.05) is 0 Å². The van der Waals surface area contributed by atoms with E-state index in [1.54, 1.807) is 0 Å². The molecule has 5 rings (SSSR count). The number of nitrogens with zero attached hydrogens (tertiary/aromatic N) is 5. The molecule has 0 aliphatic carbocycles. The fourth-order valence-corrected chi connectivity index (χ4v) is 5.55. The van der Waals surface area contributed by atoms with E-state index < -0.39 is 0 Å². The van der Waals surface area contributed by atoms with E-state index in [1.807, 2.05) is 31.2 Å². The summed E-state index contributed by atoms with van der Waals surface area (Å²) >= 11 is 0. The first-order valence-electron chi connectivity index (χ1n) is 13.3. The van der Waals surface area contributed by atoms with Crippen LogP contribution >= 0.6 is 0 Å². The first-order chi connectivity index (χ1) is 17.5. The number of urea groups is 1. The van der Waals surface area contributed by atoms with E-state index in [0.29, 0.717) is 12.6 Å². The summed E-state index contributed by atoms with van der Waals surface area (Å²) in [7, 11) is 2.22. The highest BCUT2D eigenvalue weighted by Gasteiger charge is 2.32. The summed E-state index contributed by atoms with van der Waals surface area (Å²) < 4.78 is 5.72. The van der Waals surface area contributed by atoms with Gasteiger partial charge in [0.15, 0.2) is 5.82 Å². The normalized spacial score (nSPS) is 21.8. The molecule has 2 aromatic rings. The minimum absolute atomic E-state index is 0.201. The molecule has 2 saturated heterocycles. The number of ether oxygens (including phenoxy) is 1. The SMILES string of the molecule is CCNC(=O)Nc1ccc(-c2nc3c(c(N4CCOC[C@@H]4C)n2)CCN(C2CCN(C)CC2)C3)cc1. The van der Waals surface area contributed by atoms with Crippen LogP contribution < -0.4 is 15.5 Å². The number of piperidine rings is 1. The average molecular weight is 494 g/mol. The monoisotopic (exact) mass is 493 g/mol. The third kappa shape index (κ3) is 5.48. The number of nitrogens with one attached hydrogen (secondary N) is 2. The molecule has 0 radical (unpaired) electrons. The van der Waals surface area contributed by atoms with Gasteiger partial charge in [0.25, 0.3) is 0 Å². The lowest BCUT2D eigenvalue weighted by Crippen LogP contribution is -2.47. The number of carbonyl (C=O) groups excluding carboxylic acids is 1. The number of morpholine rings is 1. The zero-order chi connectivity index (χ0) is 25.1. The molecule has 36 heavy (non-hydrogen) atoms. The smallest absolute Gasteiger partial charge is 0.319 e. The van der Waals surface area contributed by atoms with Crippen LogP contribution in [-0.4, -0.2) is 90.9 Å². The van der Waals surface area contributed by atoms with Crippen LogP contribution in [0.25, 0.3) is 11.4 Å². The largest absolute Gasteiger partial charge is 0.377 e. The number of anilines is 2. The molecule has 1 aromatic heterocycles. The van der Waals surface area contributed by atoms with Crippen LogP contribution in [0.15, 0.2) is 24.3 Å². The van der Waals surface area contributed by atoms with Crippen molar-refractivity contribution in [2.75, 3.05) is 63.2 Å². The van der Waals surface area contributed by atoms with Gasteiger partial charge in [-0.15, -0.1) is 0 Å². The van der Waals surface area contributed by atoms with Crippen molar-refractivity contribution in [2.45, 2.75) is 51.7 Å².